The van der Waals surface area contributed by atoms with Crippen molar-refractivity contribution in [2.75, 3.05) is 0 Å². The summed E-state index contributed by atoms with van der Waals surface area (Å²) in [5.74, 6) is 2.64. The Morgan fingerprint density at radius 2 is 1.91 bits per heavy atom. The Kier molecular flexibility index (Phi) is 3.73. The predicted molar refractivity (Wildman–Crippen MR) is 54.9 cm³/mol. The first-order valence-corrected chi connectivity index (χ1v) is 6.23. The summed E-state index contributed by atoms with van der Waals surface area (Å²) in [4.78, 5) is 0. The summed E-state index contributed by atoms with van der Waals surface area (Å²) in [5, 5.41) is 2.81. The molecule has 0 saturated carbocycles. The summed E-state index contributed by atoms with van der Waals surface area (Å²) in [6.07, 6.45) is 0. The fourth-order valence-corrected chi connectivity index (χ4v) is 1.10. The van der Waals surface area contributed by atoms with E-state index in [-0.39, 0.29) is 5.82 Å². The van der Waals surface area contributed by atoms with Crippen molar-refractivity contribution < 1.29 is 4.39 Å². The molecule has 1 rings (SSSR count). The van der Waals surface area contributed by atoms with Gasteiger partial charge in [0.25, 0.3) is 0 Å². The highest BCUT2D eigenvalue weighted by molar-refractivity contribution is 14.2. The predicted octanol–water partition coefficient (Wildman–Crippen LogP) is 3.22. The van der Waals surface area contributed by atoms with Crippen molar-refractivity contribution in [3.63, 3.8) is 0 Å². The van der Waals surface area contributed by atoms with Crippen LogP contribution in [-0.4, -0.2) is 0 Å². The fourth-order valence-electron chi connectivity index (χ4n) is 0.611. The van der Waals surface area contributed by atoms with Gasteiger partial charge >= 0.3 is 0 Å². The van der Waals surface area contributed by atoms with Gasteiger partial charge in [-0.05, 0) is 38.5 Å². The van der Waals surface area contributed by atoms with Crippen molar-refractivity contribution >= 4 is 30.1 Å². The van der Waals surface area contributed by atoms with Crippen LogP contribution in [0, 0.1) is 17.0 Å². The molecule has 0 N–H and O–H groups in total. The summed E-state index contributed by atoms with van der Waals surface area (Å²) >= 11 is 2.09. The van der Waals surface area contributed by atoms with Gasteiger partial charge in [0.15, 0.2) is 0 Å². The highest BCUT2D eigenvalue weighted by atomic mass is 127. The van der Waals surface area contributed by atoms with Crippen molar-refractivity contribution in [2.24, 2.45) is 0 Å². The lowest BCUT2D eigenvalue weighted by Gasteiger charge is -1.87. The third kappa shape index (κ3) is 3.12. The summed E-state index contributed by atoms with van der Waals surface area (Å²) in [7, 11) is 1.42. The van der Waals surface area contributed by atoms with Gasteiger partial charge in [-0.2, -0.15) is 0 Å². The van der Waals surface area contributed by atoms with Gasteiger partial charge in [0.2, 0.25) is 0 Å². The molecule has 3 heteroatoms. The minimum atomic E-state index is -0.224. The molecule has 0 aliphatic carbocycles. The molecule has 0 atom stereocenters. The molecule has 0 heterocycles. The second-order valence-electron chi connectivity index (χ2n) is 1.81. The second-order valence-corrected chi connectivity index (χ2v) is 3.49. The van der Waals surface area contributed by atoms with Gasteiger partial charge < -0.3 is 0 Å². The van der Waals surface area contributed by atoms with Crippen LogP contribution in [0.1, 0.15) is 5.56 Å². The molecule has 0 radical (unpaired) electrons. The lowest BCUT2D eigenvalue weighted by Crippen LogP contribution is -1.74. The maximum absolute atomic E-state index is 12.4. The second kappa shape index (κ2) is 4.62. The third-order valence-corrected chi connectivity index (χ3v) is 1.92. The van der Waals surface area contributed by atoms with Crippen LogP contribution in [0.15, 0.2) is 24.3 Å². The van der Waals surface area contributed by atoms with Crippen molar-refractivity contribution in [1.29, 1.82) is 0 Å². The van der Waals surface area contributed by atoms with E-state index in [0.29, 0.717) is 0 Å². The number of hydrogen-bond acceptors (Lipinski definition) is 1. The van der Waals surface area contributed by atoms with Crippen LogP contribution >= 0.6 is 30.1 Å². The Morgan fingerprint density at radius 1 is 1.27 bits per heavy atom. The molecule has 0 bridgehead atoms. The zero-order chi connectivity index (χ0) is 8.10. The van der Waals surface area contributed by atoms with Gasteiger partial charge in [-0.15, -0.1) is 0 Å². The Labute approximate surface area is 81.2 Å². The molecule has 0 spiro atoms. The molecule has 0 fully saturated rings. The lowest BCUT2D eigenvalue weighted by atomic mass is 10.2. The van der Waals surface area contributed by atoms with Crippen LogP contribution in [0.25, 0.3) is 0 Å². The monoisotopic (exact) mass is 278 g/mol. The van der Waals surface area contributed by atoms with E-state index in [1.165, 1.54) is 21.1 Å². The van der Waals surface area contributed by atoms with Crippen LogP contribution < -0.4 is 0 Å². The van der Waals surface area contributed by atoms with E-state index in [0.717, 1.165) is 5.56 Å². The largest absolute Gasteiger partial charge is 0.207 e. The van der Waals surface area contributed by atoms with Crippen molar-refractivity contribution in [1.82, 2.24) is 0 Å². The standard InChI is InChI=1S/C8H4FIS/c9-8-3-1-7(2-4-8)5-6-11-10/h1-4H. The zero-order valence-corrected chi connectivity index (χ0v) is 8.45. The maximum atomic E-state index is 12.4. The molecule has 0 aromatic heterocycles. The van der Waals surface area contributed by atoms with E-state index in [4.69, 9.17) is 0 Å². The molecule has 0 aliphatic heterocycles. The number of halogens is 2. The fraction of sp³-hybridized carbons (Fsp3) is 0. The van der Waals surface area contributed by atoms with Crippen LogP contribution in [0.2, 0.25) is 0 Å². The van der Waals surface area contributed by atoms with Crippen molar-refractivity contribution in [2.45, 2.75) is 0 Å². The topological polar surface area (TPSA) is 0 Å². The maximum Gasteiger partial charge on any atom is 0.123 e. The summed E-state index contributed by atoms with van der Waals surface area (Å²) in [6.45, 7) is 0. The molecule has 1 aromatic carbocycles. The molecule has 0 saturated heterocycles. The molecule has 11 heavy (non-hydrogen) atoms. The molecular weight excluding hydrogens is 274 g/mol. The first-order valence-electron chi connectivity index (χ1n) is 2.87. The average Bonchev–Trinajstić information content (AvgIpc) is 2.04. The van der Waals surface area contributed by atoms with Crippen LogP contribution in [0.4, 0.5) is 4.39 Å². The summed E-state index contributed by atoms with van der Waals surface area (Å²) in [5.41, 5.74) is 0.843. The molecule has 0 aliphatic rings. The minimum absolute atomic E-state index is 0.224. The molecule has 0 amide bonds. The van der Waals surface area contributed by atoms with E-state index < -0.39 is 0 Å². The summed E-state index contributed by atoms with van der Waals surface area (Å²) in [6, 6.07) is 6.13. The molecule has 1 aromatic rings. The first kappa shape index (κ1) is 8.88. The average molecular weight is 278 g/mol. The van der Waals surface area contributed by atoms with Gasteiger partial charge in [0.05, 0.1) is 0 Å². The van der Waals surface area contributed by atoms with Gasteiger partial charge in [-0.3, -0.25) is 0 Å². The van der Waals surface area contributed by atoms with E-state index in [2.05, 4.69) is 32.4 Å². The summed E-state index contributed by atoms with van der Waals surface area (Å²) < 4.78 is 12.4. The van der Waals surface area contributed by atoms with E-state index >= 15 is 0 Å². The molecule has 0 nitrogen and oxygen atoms in total. The number of hydrogen-bond donors (Lipinski definition) is 0. The van der Waals surface area contributed by atoms with Gasteiger partial charge in [0, 0.05) is 26.8 Å². The molecular formula is C8H4FIS. The highest BCUT2D eigenvalue weighted by Crippen LogP contribution is 2.08. The lowest BCUT2D eigenvalue weighted by molar-refractivity contribution is 0.627. The Morgan fingerprint density at radius 3 is 2.45 bits per heavy atom. The quantitative estimate of drug-likeness (QED) is 0.518. The van der Waals surface area contributed by atoms with E-state index in [9.17, 15) is 4.39 Å². The van der Waals surface area contributed by atoms with Gasteiger partial charge in [-0.25, -0.2) is 4.39 Å². The highest BCUT2D eigenvalue weighted by Gasteiger charge is 1.87. The molecule has 0 unspecified atom stereocenters. The van der Waals surface area contributed by atoms with Gasteiger partial charge in [-0.1, -0.05) is 5.92 Å². The van der Waals surface area contributed by atoms with Crippen LogP contribution in [0.3, 0.4) is 0 Å². The first-order chi connectivity index (χ1) is 5.33. The van der Waals surface area contributed by atoms with Crippen LogP contribution in [0.5, 0.6) is 0 Å². The Balaban J connectivity index is 2.82. The Hall–Kier alpha value is -0.210. The third-order valence-electron chi connectivity index (χ3n) is 1.08. The number of rotatable bonds is 0. The van der Waals surface area contributed by atoms with Crippen molar-refractivity contribution in [3.05, 3.63) is 35.6 Å². The van der Waals surface area contributed by atoms with E-state index in [1.54, 1.807) is 12.1 Å². The van der Waals surface area contributed by atoms with E-state index in [1.807, 2.05) is 0 Å². The van der Waals surface area contributed by atoms with Gasteiger partial charge in [0.1, 0.15) is 5.82 Å². The Bertz CT molecular complexity index is 283. The van der Waals surface area contributed by atoms with Crippen LogP contribution in [-0.2, 0) is 0 Å². The smallest absolute Gasteiger partial charge is 0.123 e. The van der Waals surface area contributed by atoms with Crippen molar-refractivity contribution in [3.8, 4) is 11.2 Å². The minimum Gasteiger partial charge on any atom is -0.207 e. The SMILES string of the molecule is Fc1ccc(C#CSI)cc1. The zero-order valence-electron chi connectivity index (χ0n) is 5.47. The molecule has 56 valence electrons. The normalized spacial score (nSPS) is 8.55. The number of benzene rings is 1.